The van der Waals surface area contributed by atoms with E-state index in [1.165, 1.54) is 6.07 Å². The third kappa shape index (κ3) is 5.90. The molecule has 0 radical (unpaired) electrons. The minimum Gasteiger partial charge on any atom is -0.363 e. The second-order valence-corrected chi connectivity index (χ2v) is 9.13. The van der Waals surface area contributed by atoms with Gasteiger partial charge in [0.15, 0.2) is 0 Å². The predicted molar refractivity (Wildman–Crippen MR) is 121 cm³/mol. The van der Waals surface area contributed by atoms with Crippen molar-refractivity contribution < 1.29 is 13.2 Å². The molecular formula is C23H26N4O3S. The fourth-order valence-electron chi connectivity index (χ4n) is 2.95. The summed E-state index contributed by atoms with van der Waals surface area (Å²) in [5.74, 6) is 0.475. The smallest absolute Gasteiger partial charge is 0.251 e. The van der Waals surface area contributed by atoms with Crippen LogP contribution < -0.4 is 14.9 Å². The summed E-state index contributed by atoms with van der Waals surface area (Å²) in [5, 5.41) is 2.81. The quantitative estimate of drug-likeness (QED) is 0.564. The maximum Gasteiger partial charge on any atom is 0.251 e. The molecule has 0 saturated carbocycles. The average Bonchev–Trinajstić information content (AvgIpc) is 2.77. The van der Waals surface area contributed by atoms with Gasteiger partial charge in [0.2, 0.25) is 10.0 Å². The van der Waals surface area contributed by atoms with E-state index >= 15 is 0 Å². The third-order valence-electron chi connectivity index (χ3n) is 4.77. The average molecular weight is 439 g/mol. The molecule has 0 aliphatic carbocycles. The van der Waals surface area contributed by atoms with Crippen LogP contribution in [0.4, 0.5) is 5.82 Å². The summed E-state index contributed by atoms with van der Waals surface area (Å²) >= 11 is 0. The number of anilines is 1. The molecule has 1 heterocycles. The van der Waals surface area contributed by atoms with Gasteiger partial charge >= 0.3 is 0 Å². The van der Waals surface area contributed by atoms with Gasteiger partial charge in [0.1, 0.15) is 5.82 Å². The van der Waals surface area contributed by atoms with Gasteiger partial charge in [-0.1, -0.05) is 42.5 Å². The van der Waals surface area contributed by atoms with E-state index in [9.17, 15) is 13.2 Å². The standard InChI is InChI=1S/C23H26N4O3S/c1-17-9-11-20(23(28)25-15-19-10-12-22(24-14-19)27(2)3)13-21(17)31(29,30)26-16-18-7-5-4-6-8-18/h4-14,26H,15-16H2,1-3H3,(H,25,28). The van der Waals surface area contributed by atoms with Crippen molar-refractivity contribution in [3.05, 3.63) is 89.1 Å². The molecule has 2 aromatic carbocycles. The van der Waals surface area contributed by atoms with Crippen LogP contribution in [0.1, 0.15) is 27.0 Å². The number of carbonyl (C=O) groups is 1. The third-order valence-corrected chi connectivity index (χ3v) is 6.31. The molecule has 0 atom stereocenters. The Labute approximate surface area is 183 Å². The Hall–Kier alpha value is -3.23. The monoisotopic (exact) mass is 438 g/mol. The molecular weight excluding hydrogens is 412 g/mol. The lowest BCUT2D eigenvalue weighted by atomic mass is 10.1. The van der Waals surface area contributed by atoms with Crippen LogP contribution in [-0.2, 0) is 23.1 Å². The van der Waals surface area contributed by atoms with Gasteiger partial charge in [0.25, 0.3) is 5.91 Å². The zero-order valence-corrected chi connectivity index (χ0v) is 18.6. The van der Waals surface area contributed by atoms with E-state index < -0.39 is 10.0 Å². The SMILES string of the molecule is Cc1ccc(C(=O)NCc2ccc(N(C)C)nc2)cc1S(=O)(=O)NCc1ccccc1. The summed E-state index contributed by atoms with van der Waals surface area (Å²) in [7, 11) is 0.0387. The molecule has 31 heavy (non-hydrogen) atoms. The number of aryl methyl sites for hydroxylation is 1. The number of aromatic nitrogens is 1. The van der Waals surface area contributed by atoms with Crippen molar-refractivity contribution in [2.24, 2.45) is 0 Å². The molecule has 7 nitrogen and oxygen atoms in total. The summed E-state index contributed by atoms with van der Waals surface area (Å²) in [4.78, 5) is 18.9. The second kappa shape index (κ2) is 9.72. The topological polar surface area (TPSA) is 91.4 Å². The number of sulfonamides is 1. The fourth-order valence-corrected chi connectivity index (χ4v) is 4.24. The highest BCUT2D eigenvalue weighted by Crippen LogP contribution is 2.18. The van der Waals surface area contributed by atoms with E-state index in [4.69, 9.17) is 0 Å². The minimum atomic E-state index is -3.77. The number of nitrogens with zero attached hydrogens (tertiary/aromatic N) is 2. The summed E-state index contributed by atoms with van der Waals surface area (Å²) in [5.41, 5.74) is 2.55. The predicted octanol–water partition coefficient (Wildman–Crippen LogP) is 2.86. The lowest BCUT2D eigenvalue weighted by Gasteiger charge is -2.13. The molecule has 8 heteroatoms. The number of benzene rings is 2. The Kier molecular flexibility index (Phi) is 7.04. The van der Waals surface area contributed by atoms with Crippen LogP contribution in [-0.4, -0.2) is 33.4 Å². The summed E-state index contributed by atoms with van der Waals surface area (Å²) < 4.78 is 28.2. The van der Waals surface area contributed by atoms with Gasteiger partial charge in [-0.15, -0.1) is 0 Å². The van der Waals surface area contributed by atoms with Crippen LogP contribution in [0, 0.1) is 6.92 Å². The number of hydrogen-bond acceptors (Lipinski definition) is 5. The number of pyridine rings is 1. The van der Waals surface area contributed by atoms with Gasteiger partial charge in [0.05, 0.1) is 4.90 Å². The first-order valence-electron chi connectivity index (χ1n) is 9.81. The maximum atomic E-state index is 12.8. The number of hydrogen-bond donors (Lipinski definition) is 2. The first-order valence-corrected chi connectivity index (χ1v) is 11.3. The summed E-state index contributed by atoms with van der Waals surface area (Å²) in [6.45, 7) is 2.17. The van der Waals surface area contributed by atoms with Crippen molar-refractivity contribution in [1.29, 1.82) is 0 Å². The normalized spacial score (nSPS) is 11.2. The Morgan fingerprint density at radius 1 is 0.968 bits per heavy atom. The van der Waals surface area contributed by atoms with Crippen LogP contribution in [0.25, 0.3) is 0 Å². The molecule has 0 saturated heterocycles. The Balaban J connectivity index is 1.69. The van der Waals surface area contributed by atoms with Crippen molar-refractivity contribution in [2.45, 2.75) is 24.9 Å². The number of carbonyl (C=O) groups excluding carboxylic acids is 1. The van der Waals surface area contributed by atoms with E-state index in [1.54, 1.807) is 25.3 Å². The first kappa shape index (κ1) is 22.5. The van der Waals surface area contributed by atoms with Gasteiger partial charge < -0.3 is 10.2 Å². The highest BCUT2D eigenvalue weighted by Gasteiger charge is 2.19. The summed E-state index contributed by atoms with van der Waals surface area (Å²) in [6.07, 6.45) is 1.70. The van der Waals surface area contributed by atoms with Crippen LogP contribution in [0.3, 0.4) is 0 Å². The first-order chi connectivity index (χ1) is 14.8. The summed E-state index contributed by atoms with van der Waals surface area (Å²) in [6, 6.07) is 17.7. The number of rotatable bonds is 8. The molecule has 3 rings (SSSR count). The maximum absolute atomic E-state index is 12.8. The van der Waals surface area contributed by atoms with Crippen molar-refractivity contribution in [1.82, 2.24) is 15.0 Å². The lowest BCUT2D eigenvalue weighted by Crippen LogP contribution is -2.26. The van der Waals surface area contributed by atoms with Crippen LogP contribution >= 0.6 is 0 Å². The van der Waals surface area contributed by atoms with E-state index in [2.05, 4.69) is 15.0 Å². The molecule has 1 amide bonds. The molecule has 3 aromatic rings. The zero-order chi connectivity index (χ0) is 22.4. The lowest BCUT2D eigenvalue weighted by molar-refractivity contribution is 0.0950. The van der Waals surface area contributed by atoms with Crippen LogP contribution in [0.5, 0.6) is 0 Å². The molecule has 162 valence electrons. The van der Waals surface area contributed by atoms with Gasteiger partial charge in [-0.3, -0.25) is 4.79 Å². The van der Waals surface area contributed by atoms with Crippen LogP contribution in [0.15, 0.2) is 71.8 Å². The number of nitrogens with one attached hydrogen (secondary N) is 2. The van der Waals surface area contributed by atoms with E-state index in [1.807, 2.05) is 61.5 Å². The van der Waals surface area contributed by atoms with E-state index in [0.29, 0.717) is 12.1 Å². The highest BCUT2D eigenvalue weighted by atomic mass is 32.2. The second-order valence-electron chi connectivity index (χ2n) is 7.39. The minimum absolute atomic E-state index is 0.0908. The van der Waals surface area contributed by atoms with Crippen molar-refractivity contribution in [3.8, 4) is 0 Å². The molecule has 1 aromatic heterocycles. The molecule has 0 aliphatic rings. The molecule has 0 bridgehead atoms. The van der Waals surface area contributed by atoms with Gasteiger partial charge in [-0.25, -0.2) is 18.1 Å². The molecule has 0 fully saturated rings. The highest BCUT2D eigenvalue weighted by molar-refractivity contribution is 7.89. The van der Waals surface area contributed by atoms with Crippen molar-refractivity contribution in [2.75, 3.05) is 19.0 Å². The van der Waals surface area contributed by atoms with Gasteiger partial charge in [0, 0.05) is 38.9 Å². The fraction of sp³-hybridized carbons (Fsp3) is 0.217. The van der Waals surface area contributed by atoms with Crippen molar-refractivity contribution in [3.63, 3.8) is 0 Å². The Morgan fingerprint density at radius 3 is 2.35 bits per heavy atom. The van der Waals surface area contributed by atoms with Gasteiger partial charge in [-0.05, 0) is 41.8 Å². The zero-order valence-electron chi connectivity index (χ0n) is 17.8. The van der Waals surface area contributed by atoms with Crippen molar-refractivity contribution >= 4 is 21.7 Å². The molecule has 0 aliphatic heterocycles. The number of amides is 1. The molecule has 0 unspecified atom stereocenters. The largest absolute Gasteiger partial charge is 0.363 e. The Morgan fingerprint density at radius 2 is 1.71 bits per heavy atom. The van der Waals surface area contributed by atoms with E-state index in [-0.39, 0.29) is 22.9 Å². The van der Waals surface area contributed by atoms with Gasteiger partial charge in [-0.2, -0.15) is 0 Å². The molecule has 2 N–H and O–H groups in total. The Bertz CT molecular complexity index is 1150. The van der Waals surface area contributed by atoms with E-state index in [0.717, 1.165) is 16.9 Å². The van der Waals surface area contributed by atoms with Crippen LogP contribution in [0.2, 0.25) is 0 Å². The molecule has 0 spiro atoms.